The molecule has 0 aromatic carbocycles. The van der Waals surface area contributed by atoms with Crippen molar-refractivity contribution in [2.75, 3.05) is 0 Å². The minimum atomic E-state index is 0.271. The van der Waals surface area contributed by atoms with Gasteiger partial charge in [0, 0.05) is 0 Å². The average Bonchev–Trinajstić information content (AvgIpc) is 1.61. The van der Waals surface area contributed by atoms with Gasteiger partial charge in [0.2, 0.25) is 0 Å². The van der Waals surface area contributed by atoms with Crippen molar-refractivity contribution < 1.29 is 0 Å². The molecule has 0 atom stereocenters. The van der Waals surface area contributed by atoms with Crippen molar-refractivity contribution in [2.24, 2.45) is 0 Å². The van der Waals surface area contributed by atoms with E-state index in [1.54, 1.807) is 0 Å². The molecular formula is C4H4Br4. The average molecular weight is 372 g/mol. The summed E-state index contributed by atoms with van der Waals surface area (Å²) >= 11 is 13.2. The van der Waals surface area contributed by atoms with Crippen LogP contribution in [0.3, 0.4) is 0 Å². The van der Waals surface area contributed by atoms with Crippen LogP contribution in [0.2, 0.25) is 0 Å². The fourth-order valence-electron chi connectivity index (χ4n) is 0.168. The third-order valence-corrected chi connectivity index (χ3v) is 1.62. The Morgan fingerprint density at radius 2 is 1.00 bits per heavy atom. The molecule has 0 aromatic rings. The second-order valence-corrected chi connectivity index (χ2v) is 7.46. The van der Waals surface area contributed by atoms with Crippen molar-refractivity contribution in [3.63, 3.8) is 0 Å². The van der Waals surface area contributed by atoms with Gasteiger partial charge in [0.15, 0.2) is 0 Å². The van der Waals surface area contributed by atoms with Gasteiger partial charge < -0.3 is 0 Å². The summed E-state index contributed by atoms with van der Waals surface area (Å²) in [7, 11) is 0. The first-order valence-corrected chi connectivity index (χ1v) is 5.54. The zero-order valence-corrected chi connectivity index (χ0v) is 10.2. The molecule has 4 heteroatoms. The first kappa shape index (κ1) is 9.66. The first-order valence-electron chi connectivity index (χ1n) is 1.87. The van der Waals surface area contributed by atoms with Gasteiger partial charge in [-0.25, -0.2) is 0 Å². The zero-order chi connectivity index (χ0) is 6.57. The fourth-order valence-corrected chi connectivity index (χ4v) is 0.873. The maximum Gasteiger partial charge on any atom is 0.0878 e. The lowest BCUT2D eigenvalue weighted by Crippen LogP contribution is -1.78. The van der Waals surface area contributed by atoms with E-state index >= 15 is 0 Å². The lowest BCUT2D eigenvalue weighted by molar-refractivity contribution is 1.62. The molecule has 0 aromatic heterocycles. The zero-order valence-electron chi connectivity index (χ0n) is 3.82. The highest BCUT2D eigenvalue weighted by molar-refractivity contribution is 9.25. The standard InChI is InChI=1S/C4H4Br4/c5-3(6)1-2-4(7)8/h1-4H. The van der Waals surface area contributed by atoms with E-state index in [1.165, 1.54) is 0 Å². The van der Waals surface area contributed by atoms with E-state index in [9.17, 15) is 0 Å². The number of hydrogen-bond acceptors (Lipinski definition) is 0. The Balaban J connectivity index is 3.34. The van der Waals surface area contributed by atoms with Crippen LogP contribution in [0.25, 0.3) is 0 Å². The van der Waals surface area contributed by atoms with Gasteiger partial charge in [-0.2, -0.15) is 0 Å². The van der Waals surface area contributed by atoms with Crippen LogP contribution in [0.15, 0.2) is 12.2 Å². The molecule has 0 radical (unpaired) electrons. The number of rotatable bonds is 2. The smallest absolute Gasteiger partial charge is 0.0719 e. The van der Waals surface area contributed by atoms with Crippen LogP contribution in [0.1, 0.15) is 0 Å². The number of alkyl halides is 4. The van der Waals surface area contributed by atoms with Gasteiger partial charge in [0.05, 0.1) is 7.47 Å². The van der Waals surface area contributed by atoms with E-state index in [1.807, 2.05) is 12.2 Å². The number of allylic oxidation sites excluding steroid dienone is 2. The largest absolute Gasteiger partial charge is 0.0878 e. The Kier molecular flexibility index (Phi) is 6.58. The van der Waals surface area contributed by atoms with Crippen molar-refractivity contribution in [3.8, 4) is 0 Å². The predicted octanol–water partition coefficient (Wildman–Crippen LogP) is 3.77. The lowest BCUT2D eigenvalue weighted by Gasteiger charge is -1.90. The van der Waals surface area contributed by atoms with Crippen molar-refractivity contribution in [2.45, 2.75) is 7.47 Å². The normalized spacial score (nSPS) is 12.2. The molecule has 0 aliphatic heterocycles. The number of halogens is 4. The summed E-state index contributed by atoms with van der Waals surface area (Å²) in [5, 5.41) is 0. The topological polar surface area (TPSA) is 0 Å². The highest BCUT2D eigenvalue weighted by Crippen LogP contribution is 2.14. The Bertz CT molecular complexity index is 66.1. The second kappa shape index (κ2) is 5.45. The summed E-state index contributed by atoms with van der Waals surface area (Å²) in [5.41, 5.74) is 0. The van der Waals surface area contributed by atoms with Gasteiger partial charge in [0.1, 0.15) is 0 Å². The molecule has 0 amide bonds. The third-order valence-electron chi connectivity index (χ3n) is 0.402. The van der Waals surface area contributed by atoms with Crippen LogP contribution in [0.5, 0.6) is 0 Å². The molecule has 0 heterocycles. The lowest BCUT2D eigenvalue weighted by atomic mass is 10.6. The molecule has 0 fully saturated rings. The van der Waals surface area contributed by atoms with Gasteiger partial charge >= 0.3 is 0 Å². The van der Waals surface area contributed by atoms with Gasteiger partial charge in [0.25, 0.3) is 0 Å². The molecule has 0 aliphatic carbocycles. The highest BCUT2D eigenvalue weighted by Gasteiger charge is 1.90. The molecule has 0 bridgehead atoms. The molecule has 0 aliphatic rings. The Morgan fingerprint density at radius 1 is 0.750 bits per heavy atom. The van der Waals surface area contributed by atoms with Crippen LogP contribution in [0, 0.1) is 0 Å². The SMILES string of the molecule is BrC(Br)C=CC(Br)Br. The summed E-state index contributed by atoms with van der Waals surface area (Å²) in [6.07, 6.45) is 3.96. The van der Waals surface area contributed by atoms with Crippen molar-refractivity contribution >= 4 is 63.7 Å². The van der Waals surface area contributed by atoms with E-state index < -0.39 is 0 Å². The Morgan fingerprint density at radius 3 is 1.12 bits per heavy atom. The highest BCUT2D eigenvalue weighted by atomic mass is 79.9. The summed E-state index contributed by atoms with van der Waals surface area (Å²) in [5.74, 6) is 0. The number of hydrogen-bond donors (Lipinski definition) is 0. The molecule has 0 saturated carbocycles. The van der Waals surface area contributed by atoms with Gasteiger partial charge in [-0.1, -0.05) is 75.9 Å². The quantitative estimate of drug-likeness (QED) is 0.512. The van der Waals surface area contributed by atoms with Crippen molar-refractivity contribution in [1.29, 1.82) is 0 Å². The van der Waals surface area contributed by atoms with Crippen molar-refractivity contribution in [1.82, 2.24) is 0 Å². The van der Waals surface area contributed by atoms with E-state index in [0.29, 0.717) is 0 Å². The Hall–Kier alpha value is 1.66. The molecule has 0 N–H and O–H groups in total. The third kappa shape index (κ3) is 7.66. The van der Waals surface area contributed by atoms with Crippen molar-refractivity contribution in [3.05, 3.63) is 12.2 Å². The van der Waals surface area contributed by atoms with Gasteiger partial charge in [-0.15, -0.1) is 0 Å². The predicted molar refractivity (Wildman–Crippen MR) is 52.4 cm³/mol. The van der Waals surface area contributed by atoms with E-state index in [4.69, 9.17) is 0 Å². The summed E-state index contributed by atoms with van der Waals surface area (Å²) < 4.78 is 0.542. The van der Waals surface area contributed by atoms with Crippen LogP contribution in [0.4, 0.5) is 0 Å². The summed E-state index contributed by atoms with van der Waals surface area (Å²) in [6.45, 7) is 0. The monoisotopic (exact) mass is 368 g/mol. The maximum absolute atomic E-state index is 3.29. The van der Waals surface area contributed by atoms with E-state index in [0.717, 1.165) is 0 Å². The molecule has 0 nitrogen and oxygen atoms in total. The summed E-state index contributed by atoms with van der Waals surface area (Å²) in [6, 6.07) is 0. The fraction of sp³-hybridized carbons (Fsp3) is 0.500. The molecule has 0 spiro atoms. The molecule has 0 saturated heterocycles. The second-order valence-electron chi connectivity index (χ2n) is 1.05. The van der Waals surface area contributed by atoms with Gasteiger partial charge in [-0.3, -0.25) is 0 Å². The van der Waals surface area contributed by atoms with Crippen LogP contribution < -0.4 is 0 Å². The van der Waals surface area contributed by atoms with Crippen LogP contribution in [-0.2, 0) is 0 Å². The summed E-state index contributed by atoms with van der Waals surface area (Å²) in [4.78, 5) is 0. The minimum absolute atomic E-state index is 0.271. The minimum Gasteiger partial charge on any atom is -0.0719 e. The molecule has 48 valence electrons. The molecule has 0 unspecified atom stereocenters. The Labute approximate surface area is 82.6 Å². The van der Waals surface area contributed by atoms with Gasteiger partial charge in [-0.05, 0) is 0 Å². The van der Waals surface area contributed by atoms with Crippen LogP contribution >= 0.6 is 63.7 Å². The molecular weight excluding hydrogens is 368 g/mol. The first-order chi connectivity index (χ1) is 3.63. The van der Waals surface area contributed by atoms with Crippen LogP contribution in [-0.4, -0.2) is 7.47 Å². The molecule has 0 rings (SSSR count). The van der Waals surface area contributed by atoms with E-state index in [-0.39, 0.29) is 7.47 Å². The molecule has 8 heavy (non-hydrogen) atoms. The maximum atomic E-state index is 3.29. The van der Waals surface area contributed by atoms with E-state index in [2.05, 4.69) is 63.7 Å².